The number of piperidine rings is 1. The number of fused-ring (bicyclic) bond motifs is 1. The Morgan fingerprint density at radius 1 is 1.20 bits per heavy atom. The van der Waals surface area contributed by atoms with E-state index in [-0.39, 0.29) is 16.9 Å². The lowest BCUT2D eigenvalue weighted by atomic mass is 9.82. The molecule has 3 atom stereocenters. The predicted octanol–water partition coefficient (Wildman–Crippen LogP) is 5.44. The molecule has 0 bridgehead atoms. The fourth-order valence-corrected chi connectivity index (χ4v) is 4.85. The molecule has 160 valence electrons. The summed E-state index contributed by atoms with van der Waals surface area (Å²) in [6, 6.07) is 7.49. The lowest BCUT2D eigenvalue weighted by molar-refractivity contribution is 0.0913. The second-order valence-corrected chi connectivity index (χ2v) is 9.26. The molecule has 4 rings (SSSR count). The summed E-state index contributed by atoms with van der Waals surface area (Å²) in [5.41, 5.74) is 3.20. The molecule has 3 aromatic rings. The van der Waals surface area contributed by atoms with Crippen LogP contribution >= 0.6 is 11.6 Å². The Labute approximate surface area is 182 Å². The molecule has 1 aromatic carbocycles. The molecule has 0 saturated carbocycles. The summed E-state index contributed by atoms with van der Waals surface area (Å²) in [6.45, 7) is 10.7. The van der Waals surface area contributed by atoms with Crippen LogP contribution in [0, 0.1) is 24.6 Å². The van der Waals surface area contributed by atoms with E-state index >= 15 is 0 Å². The van der Waals surface area contributed by atoms with E-state index in [0.717, 1.165) is 42.9 Å². The van der Waals surface area contributed by atoms with E-state index in [1.165, 1.54) is 6.07 Å². The van der Waals surface area contributed by atoms with Gasteiger partial charge in [0.15, 0.2) is 0 Å². The summed E-state index contributed by atoms with van der Waals surface area (Å²) in [5, 5.41) is 4.60. The summed E-state index contributed by atoms with van der Waals surface area (Å²) in [5.74, 6) is 1.51. The van der Waals surface area contributed by atoms with Crippen molar-refractivity contribution in [3.8, 4) is 0 Å². The predicted molar refractivity (Wildman–Crippen MR) is 117 cm³/mol. The van der Waals surface area contributed by atoms with Crippen LogP contribution in [-0.2, 0) is 0 Å². The minimum absolute atomic E-state index is 0.181. The number of aryl methyl sites for hydroxylation is 1. The van der Waals surface area contributed by atoms with E-state index in [0.29, 0.717) is 23.5 Å². The first-order valence-corrected chi connectivity index (χ1v) is 11.1. The van der Waals surface area contributed by atoms with Gasteiger partial charge < -0.3 is 0 Å². The van der Waals surface area contributed by atoms with Gasteiger partial charge in [0.05, 0.1) is 10.7 Å². The molecule has 1 aliphatic rings. The van der Waals surface area contributed by atoms with E-state index < -0.39 is 0 Å². The number of halogens is 2. The van der Waals surface area contributed by atoms with Gasteiger partial charge in [-0.1, -0.05) is 38.4 Å². The van der Waals surface area contributed by atoms with E-state index in [1.807, 2.05) is 17.5 Å². The van der Waals surface area contributed by atoms with Crippen LogP contribution in [0.15, 0.2) is 30.6 Å². The maximum Gasteiger partial charge on any atom is 0.252 e. The van der Waals surface area contributed by atoms with Gasteiger partial charge in [-0.2, -0.15) is 10.1 Å². The maximum absolute atomic E-state index is 13.8. The molecule has 0 spiro atoms. The zero-order chi connectivity index (χ0) is 21.4. The minimum Gasteiger partial charge on any atom is -0.295 e. The first kappa shape index (κ1) is 21.2. The molecule has 3 unspecified atom stereocenters. The Morgan fingerprint density at radius 2 is 2.00 bits per heavy atom. The summed E-state index contributed by atoms with van der Waals surface area (Å²) >= 11 is 6.16. The van der Waals surface area contributed by atoms with Crippen molar-refractivity contribution in [3.63, 3.8) is 0 Å². The molecule has 5 nitrogen and oxygen atoms in total. The molecule has 3 heterocycles. The van der Waals surface area contributed by atoms with Crippen LogP contribution in [0.3, 0.4) is 0 Å². The van der Waals surface area contributed by atoms with Gasteiger partial charge in [-0.25, -0.2) is 13.9 Å². The van der Waals surface area contributed by atoms with Crippen molar-refractivity contribution in [1.82, 2.24) is 24.5 Å². The second kappa shape index (κ2) is 8.60. The van der Waals surface area contributed by atoms with Crippen molar-refractivity contribution < 1.29 is 4.39 Å². The van der Waals surface area contributed by atoms with Crippen molar-refractivity contribution in [2.24, 2.45) is 11.8 Å². The van der Waals surface area contributed by atoms with Crippen LogP contribution < -0.4 is 0 Å². The van der Waals surface area contributed by atoms with Gasteiger partial charge in [-0.05, 0) is 61.9 Å². The molecule has 0 aliphatic carbocycles. The number of aromatic nitrogens is 4. The monoisotopic (exact) mass is 429 g/mol. The van der Waals surface area contributed by atoms with Crippen LogP contribution in [0.4, 0.5) is 4.39 Å². The van der Waals surface area contributed by atoms with Gasteiger partial charge in [0.1, 0.15) is 12.1 Å². The highest BCUT2D eigenvalue weighted by molar-refractivity contribution is 6.30. The van der Waals surface area contributed by atoms with Crippen LogP contribution in [0.5, 0.6) is 0 Å². The van der Waals surface area contributed by atoms with Crippen molar-refractivity contribution in [3.05, 3.63) is 58.4 Å². The number of benzene rings is 1. The number of likely N-dealkylation sites (tertiary alicyclic amines) is 1. The Morgan fingerprint density at radius 3 is 2.73 bits per heavy atom. The average Bonchev–Trinajstić information content (AvgIpc) is 3.18. The van der Waals surface area contributed by atoms with E-state index in [1.54, 1.807) is 12.4 Å². The molecule has 0 N–H and O–H groups in total. The molecule has 2 aromatic heterocycles. The van der Waals surface area contributed by atoms with Gasteiger partial charge in [0.2, 0.25) is 0 Å². The summed E-state index contributed by atoms with van der Waals surface area (Å²) in [7, 11) is 0. The molecular weight excluding hydrogens is 401 g/mol. The first-order valence-electron chi connectivity index (χ1n) is 10.7. The normalized spacial score (nSPS) is 20.0. The zero-order valence-electron chi connectivity index (χ0n) is 18.0. The summed E-state index contributed by atoms with van der Waals surface area (Å²) in [4.78, 5) is 11.3. The number of nitrogens with zero attached hydrogens (tertiary/aromatic N) is 5. The highest BCUT2D eigenvalue weighted by atomic mass is 35.5. The van der Waals surface area contributed by atoms with Crippen molar-refractivity contribution in [1.29, 1.82) is 0 Å². The third-order valence-corrected chi connectivity index (χ3v) is 6.80. The lowest BCUT2D eigenvalue weighted by Crippen LogP contribution is -2.41. The van der Waals surface area contributed by atoms with E-state index in [4.69, 9.17) is 11.6 Å². The third kappa shape index (κ3) is 4.08. The summed E-state index contributed by atoms with van der Waals surface area (Å²) in [6.07, 6.45) is 3.76. The average molecular weight is 430 g/mol. The lowest BCUT2D eigenvalue weighted by Gasteiger charge is -2.42. The van der Waals surface area contributed by atoms with Gasteiger partial charge in [0, 0.05) is 24.2 Å². The molecule has 1 aliphatic heterocycles. The van der Waals surface area contributed by atoms with E-state index in [9.17, 15) is 4.39 Å². The van der Waals surface area contributed by atoms with Crippen LogP contribution in [0.2, 0.25) is 5.02 Å². The molecule has 7 heteroatoms. The zero-order valence-corrected chi connectivity index (χ0v) is 18.8. The van der Waals surface area contributed by atoms with Gasteiger partial charge >= 0.3 is 0 Å². The highest BCUT2D eigenvalue weighted by Crippen LogP contribution is 2.39. The molecule has 30 heavy (non-hydrogen) atoms. The molecular formula is C23H29ClFN5. The smallest absolute Gasteiger partial charge is 0.252 e. The molecule has 0 radical (unpaired) electrons. The quantitative estimate of drug-likeness (QED) is 0.542. The Balaban J connectivity index is 1.69. The second-order valence-electron chi connectivity index (χ2n) is 8.85. The topological polar surface area (TPSA) is 46.3 Å². The van der Waals surface area contributed by atoms with Crippen LogP contribution in [0.25, 0.3) is 5.78 Å². The maximum atomic E-state index is 13.8. The highest BCUT2D eigenvalue weighted by Gasteiger charge is 2.33. The van der Waals surface area contributed by atoms with Crippen LogP contribution in [-0.4, -0.2) is 37.6 Å². The first-order chi connectivity index (χ1) is 14.3. The largest absolute Gasteiger partial charge is 0.295 e. The summed E-state index contributed by atoms with van der Waals surface area (Å²) < 4.78 is 15.7. The standard InChI is InChI=1S/C23H29ClFN5/c1-14(2)16(4)22(17-7-8-20(25)19(24)11-17)29-9-5-6-18(12-29)21-10-15(3)28-23-26-13-27-30(21)23/h7-8,10-11,13-14,16,18,22H,5-6,9,12H2,1-4H3. The van der Waals surface area contributed by atoms with E-state index in [2.05, 4.69) is 46.8 Å². The third-order valence-electron chi connectivity index (χ3n) is 6.51. The minimum atomic E-state index is -0.367. The SMILES string of the molecule is Cc1cc(C2CCCN(C(c3ccc(F)c(Cl)c3)C(C)C(C)C)C2)n2ncnc2n1. The number of hydrogen-bond acceptors (Lipinski definition) is 4. The van der Waals surface area contributed by atoms with Crippen molar-refractivity contribution >= 4 is 17.4 Å². The Kier molecular flexibility index (Phi) is 6.07. The fraction of sp³-hybridized carbons (Fsp3) is 0.522. The van der Waals surface area contributed by atoms with Gasteiger partial charge in [-0.15, -0.1) is 0 Å². The van der Waals surface area contributed by atoms with Crippen molar-refractivity contribution in [2.45, 2.75) is 52.5 Å². The fourth-order valence-electron chi connectivity index (χ4n) is 4.66. The number of hydrogen-bond donors (Lipinski definition) is 0. The molecule has 0 amide bonds. The van der Waals surface area contributed by atoms with Gasteiger partial charge in [-0.3, -0.25) is 4.90 Å². The Hall–Kier alpha value is -2.05. The molecule has 1 fully saturated rings. The number of rotatable bonds is 5. The molecule has 1 saturated heterocycles. The van der Waals surface area contributed by atoms with Gasteiger partial charge in [0.25, 0.3) is 5.78 Å². The Bertz CT molecular complexity index is 1030. The van der Waals surface area contributed by atoms with Crippen LogP contribution in [0.1, 0.15) is 62.5 Å². The van der Waals surface area contributed by atoms with Crippen molar-refractivity contribution in [2.75, 3.05) is 13.1 Å².